The smallest absolute Gasteiger partial charge is 0.336 e. The van der Waals surface area contributed by atoms with Crippen molar-refractivity contribution in [3.63, 3.8) is 0 Å². The molecule has 0 aliphatic carbocycles. The zero-order chi connectivity index (χ0) is 21.0. The fourth-order valence-electron chi connectivity index (χ4n) is 3.05. The molecule has 152 valence electrons. The van der Waals surface area contributed by atoms with Gasteiger partial charge in [0.05, 0.1) is 0 Å². The first-order valence-corrected chi connectivity index (χ1v) is 9.40. The monoisotopic (exact) mass is 389 g/mol. The summed E-state index contributed by atoms with van der Waals surface area (Å²) in [5, 5.41) is 12.6. The number of hydrogen-bond donors (Lipinski definition) is 2. The molecule has 1 aromatic heterocycles. The normalized spacial score (nSPS) is 13.4. The van der Waals surface area contributed by atoms with Gasteiger partial charge in [0.25, 0.3) is 5.91 Å². The van der Waals surface area contributed by atoms with Gasteiger partial charge in [-0.3, -0.25) is 4.79 Å². The standard InChI is InChI=1S/C21H27NO6/c1-6-14-10-18(23)28-19-12(4)17(8-7-15(14)19)27-13(5)20(24)22-16(21(25)26)9-11(2)3/h7-8,10-11,13,16H,6,9H2,1-5H3,(H,22,24)(H,25,26). The third-order valence-corrected chi connectivity index (χ3v) is 4.57. The topological polar surface area (TPSA) is 106 Å². The second-order valence-electron chi connectivity index (χ2n) is 7.30. The third-order valence-electron chi connectivity index (χ3n) is 4.57. The van der Waals surface area contributed by atoms with Gasteiger partial charge in [0.2, 0.25) is 0 Å². The number of hydrogen-bond acceptors (Lipinski definition) is 5. The molecular weight excluding hydrogens is 362 g/mol. The van der Waals surface area contributed by atoms with Crippen molar-refractivity contribution in [1.82, 2.24) is 5.32 Å². The molecule has 0 bridgehead atoms. The quantitative estimate of drug-likeness (QED) is 0.672. The van der Waals surface area contributed by atoms with Crippen LogP contribution in [0, 0.1) is 12.8 Å². The lowest BCUT2D eigenvalue weighted by Crippen LogP contribution is -2.46. The number of carboxylic acids is 1. The Morgan fingerprint density at radius 2 is 1.93 bits per heavy atom. The molecular formula is C21H27NO6. The van der Waals surface area contributed by atoms with Crippen molar-refractivity contribution in [1.29, 1.82) is 0 Å². The van der Waals surface area contributed by atoms with Gasteiger partial charge in [-0.15, -0.1) is 0 Å². The van der Waals surface area contributed by atoms with Crippen LogP contribution in [0.1, 0.15) is 45.2 Å². The molecule has 28 heavy (non-hydrogen) atoms. The van der Waals surface area contributed by atoms with Gasteiger partial charge < -0.3 is 19.6 Å². The number of carbonyl (C=O) groups excluding carboxylic acids is 1. The first-order chi connectivity index (χ1) is 13.1. The summed E-state index contributed by atoms with van der Waals surface area (Å²) in [4.78, 5) is 35.6. The molecule has 0 aliphatic heterocycles. The van der Waals surface area contributed by atoms with E-state index in [1.807, 2.05) is 20.8 Å². The maximum absolute atomic E-state index is 12.4. The highest BCUT2D eigenvalue weighted by molar-refractivity contribution is 5.87. The first-order valence-electron chi connectivity index (χ1n) is 9.40. The molecule has 0 saturated heterocycles. The van der Waals surface area contributed by atoms with Crippen LogP contribution in [-0.4, -0.2) is 29.1 Å². The van der Waals surface area contributed by atoms with Crippen LogP contribution in [0.3, 0.4) is 0 Å². The summed E-state index contributed by atoms with van der Waals surface area (Å²) in [6.45, 7) is 9.03. The van der Waals surface area contributed by atoms with Crippen LogP contribution < -0.4 is 15.7 Å². The molecule has 1 aromatic carbocycles. The highest BCUT2D eigenvalue weighted by atomic mass is 16.5. The van der Waals surface area contributed by atoms with Crippen molar-refractivity contribution < 1.29 is 23.8 Å². The second-order valence-corrected chi connectivity index (χ2v) is 7.30. The van der Waals surface area contributed by atoms with Gasteiger partial charge in [-0.25, -0.2) is 9.59 Å². The number of carbonyl (C=O) groups is 2. The van der Waals surface area contributed by atoms with E-state index >= 15 is 0 Å². The summed E-state index contributed by atoms with van der Waals surface area (Å²) >= 11 is 0. The Bertz CT molecular complexity index is 930. The molecule has 7 nitrogen and oxygen atoms in total. The maximum Gasteiger partial charge on any atom is 0.336 e. The van der Waals surface area contributed by atoms with Gasteiger partial charge in [0, 0.05) is 17.0 Å². The lowest BCUT2D eigenvalue weighted by Gasteiger charge is -2.21. The summed E-state index contributed by atoms with van der Waals surface area (Å²) in [6.07, 6.45) is 0.104. The Labute approximate surface area is 163 Å². The van der Waals surface area contributed by atoms with Gasteiger partial charge in [-0.1, -0.05) is 20.8 Å². The van der Waals surface area contributed by atoms with Crippen LogP contribution in [0.4, 0.5) is 0 Å². The van der Waals surface area contributed by atoms with Crippen LogP contribution in [0.5, 0.6) is 5.75 Å². The van der Waals surface area contributed by atoms with Crippen LogP contribution in [0.25, 0.3) is 11.0 Å². The number of aryl methyl sites for hydroxylation is 2. The minimum atomic E-state index is -1.08. The molecule has 2 rings (SSSR count). The number of benzene rings is 1. The first kappa shape index (κ1) is 21.5. The number of nitrogens with one attached hydrogen (secondary N) is 1. The van der Waals surface area contributed by atoms with Gasteiger partial charge >= 0.3 is 11.6 Å². The van der Waals surface area contributed by atoms with Crippen molar-refractivity contribution in [3.8, 4) is 5.75 Å². The van der Waals surface area contributed by atoms with Crippen molar-refractivity contribution in [2.24, 2.45) is 5.92 Å². The van der Waals surface area contributed by atoms with Crippen molar-refractivity contribution in [2.75, 3.05) is 0 Å². The number of carboxylic acid groups (broad SMARTS) is 1. The Balaban J connectivity index is 2.23. The fraction of sp³-hybridized carbons (Fsp3) is 0.476. The van der Waals surface area contributed by atoms with Crippen LogP contribution in [-0.2, 0) is 16.0 Å². The minimum Gasteiger partial charge on any atom is -0.480 e. The van der Waals surface area contributed by atoms with Gasteiger partial charge in [-0.05, 0) is 50.3 Å². The van der Waals surface area contributed by atoms with E-state index < -0.39 is 29.6 Å². The molecule has 1 heterocycles. The predicted molar refractivity (Wildman–Crippen MR) is 106 cm³/mol. The second kappa shape index (κ2) is 8.91. The van der Waals surface area contributed by atoms with E-state index in [0.29, 0.717) is 29.7 Å². The largest absolute Gasteiger partial charge is 0.480 e. The van der Waals surface area contributed by atoms with Crippen molar-refractivity contribution in [3.05, 3.63) is 39.7 Å². The van der Waals surface area contributed by atoms with E-state index in [2.05, 4.69) is 5.32 Å². The lowest BCUT2D eigenvalue weighted by molar-refractivity contribution is -0.143. The van der Waals surface area contributed by atoms with E-state index in [1.54, 1.807) is 26.0 Å². The molecule has 2 unspecified atom stereocenters. The summed E-state index contributed by atoms with van der Waals surface area (Å²) in [7, 11) is 0. The SMILES string of the molecule is CCc1cc(=O)oc2c(C)c(OC(C)C(=O)NC(CC(C)C)C(=O)O)ccc12. The molecule has 0 spiro atoms. The molecule has 2 aromatic rings. The number of fused-ring (bicyclic) bond motifs is 1. The summed E-state index contributed by atoms with van der Waals surface area (Å²) in [5.74, 6) is -1.07. The highest BCUT2D eigenvalue weighted by Crippen LogP contribution is 2.29. The lowest BCUT2D eigenvalue weighted by atomic mass is 10.0. The average molecular weight is 389 g/mol. The van der Waals surface area contributed by atoms with Crippen LogP contribution in [0.2, 0.25) is 0 Å². The van der Waals surface area contributed by atoms with E-state index in [9.17, 15) is 19.5 Å². The molecule has 0 fully saturated rings. The molecule has 2 N–H and O–H groups in total. The number of aliphatic carboxylic acids is 1. The average Bonchev–Trinajstić information content (AvgIpc) is 2.62. The Morgan fingerprint density at radius 3 is 2.50 bits per heavy atom. The van der Waals surface area contributed by atoms with Crippen molar-refractivity contribution in [2.45, 2.75) is 59.6 Å². The minimum absolute atomic E-state index is 0.121. The van der Waals surface area contributed by atoms with Gasteiger partial charge in [-0.2, -0.15) is 0 Å². The third kappa shape index (κ3) is 4.91. The number of amides is 1. The van der Waals surface area contributed by atoms with Gasteiger partial charge in [0.15, 0.2) is 6.10 Å². The van der Waals surface area contributed by atoms with Crippen molar-refractivity contribution >= 4 is 22.8 Å². The Morgan fingerprint density at radius 1 is 1.25 bits per heavy atom. The summed E-state index contributed by atoms with van der Waals surface area (Å²) in [5.41, 5.74) is 1.48. The van der Waals surface area contributed by atoms with Crippen LogP contribution in [0.15, 0.2) is 27.4 Å². The molecule has 7 heteroatoms. The Hall–Kier alpha value is -2.83. The van der Waals surface area contributed by atoms with E-state index in [4.69, 9.17) is 9.15 Å². The predicted octanol–water partition coefficient (Wildman–Crippen LogP) is 3.05. The van der Waals surface area contributed by atoms with E-state index in [-0.39, 0.29) is 5.92 Å². The molecule has 0 aliphatic rings. The fourth-order valence-corrected chi connectivity index (χ4v) is 3.05. The zero-order valence-corrected chi connectivity index (χ0v) is 16.9. The number of rotatable bonds is 8. The highest BCUT2D eigenvalue weighted by Gasteiger charge is 2.25. The molecule has 0 radical (unpaired) electrons. The number of ether oxygens (including phenoxy) is 1. The maximum atomic E-state index is 12.4. The molecule has 2 atom stereocenters. The Kier molecular flexibility index (Phi) is 6.83. The molecule has 1 amide bonds. The zero-order valence-electron chi connectivity index (χ0n) is 16.9. The summed E-state index contributed by atoms with van der Waals surface area (Å²) in [6, 6.07) is 4.02. The van der Waals surface area contributed by atoms with E-state index in [1.165, 1.54) is 6.07 Å². The van der Waals surface area contributed by atoms with Gasteiger partial charge in [0.1, 0.15) is 17.4 Å². The van der Waals surface area contributed by atoms with E-state index in [0.717, 1.165) is 10.9 Å². The summed E-state index contributed by atoms with van der Waals surface area (Å²) < 4.78 is 11.1. The molecule has 0 saturated carbocycles. The van der Waals surface area contributed by atoms with Crippen LogP contribution >= 0.6 is 0 Å².